The average molecular weight is 432 g/mol. The minimum atomic E-state index is 0.0552. The summed E-state index contributed by atoms with van der Waals surface area (Å²) >= 11 is 2.52. The molecular formula is C19H29IOS. The zero-order chi connectivity index (χ0) is 15.5. The largest absolute Gasteiger partial charge is 0.299 e. The third-order valence-electron chi connectivity index (χ3n) is 8.45. The zero-order valence-corrected chi connectivity index (χ0v) is 16.9. The summed E-state index contributed by atoms with van der Waals surface area (Å²) in [6.45, 7) is 4.93. The van der Waals surface area contributed by atoms with Crippen LogP contribution in [0.4, 0.5) is 0 Å². The topological polar surface area (TPSA) is 17.1 Å². The summed E-state index contributed by atoms with van der Waals surface area (Å²) in [7, 11) is 2.07. The smallest absolute Gasteiger partial charge is 0.139 e. The Bertz CT molecular complexity index is 480. The predicted molar refractivity (Wildman–Crippen MR) is 102 cm³/mol. The number of fused-ring (bicyclic) bond motifs is 5. The molecule has 0 amide bonds. The fourth-order valence-electron chi connectivity index (χ4n) is 7.07. The molecule has 7 atom stereocenters. The molecule has 22 heavy (non-hydrogen) atoms. The lowest BCUT2D eigenvalue weighted by Crippen LogP contribution is -2.53. The number of carbonyl (C=O) groups is 1. The first-order chi connectivity index (χ1) is 10.5. The molecule has 4 fully saturated rings. The van der Waals surface area contributed by atoms with Gasteiger partial charge in [0.1, 0.15) is 5.78 Å². The van der Waals surface area contributed by atoms with Crippen molar-refractivity contribution in [2.75, 3.05) is 0 Å². The van der Waals surface area contributed by atoms with E-state index in [1.54, 1.807) is 0 Å². The maximum Gasteiger partial charge on any atom is 0.139 e. The third-order valence-corrected chi connectivity index (χ3v) is 11.3. The highest BCUT2D eigenvalue weighted by molar-refractivity contribution is 14.2. The molecule has 3 heteroatoms. The van der Waals surface area contributed by atoms with E-state index >= 15 is 0 Å². The summed E-state index contributed by atoms with van der Waals surface area (Å²) in [5.41, 5.74) is 0.637. The molecule has 0 aromatic heterocycles. The molecule has 0 aromatic carbocycles. The summed E-state index contributed by atoms with van der Waals surface area (Å²) in [5, 5.41) is 0.900. The minimum absolute atomic E-state index is 0.0552. The van der Waals surface area contributed by atoms with Crippen LogP contribution < -0.4 is 0 Å². The molecule has 4 saturated carbocycles. The van der Waals surface area contributed by atoms with Crippen LogP contribution in [0.25, 0.3) is 0 Å². The van der Waals surface area contributed by atoms with Crippen molar-refractivity contribution < 1.29 is 4.79 Å². The lowest BCUT2D eigenvalue weighted by atomic mass is 9.45. The van der Waals surface area contributed by atoms with E-state index in [4.69, 9.17) is 0 Å². The van der Waals surface area contributed by atoms with Crippen LogP contribution in [0, 0.1) is 34.5 Å². The summed E-state index contributed by atoms with van der Waals surface area (Å²) in [6.07, 6.45) is 11.8. The Morgan fingerprint density at radius 3 is 2.64 bits per heavy atom. The monoisotopic (exact) mass is 432 g/mol. The van der Waals surface area contributed by atoms with Crippen molar-refractivity contribution in [1.29, 1.82) is 0 Å². The molecule has 0 radical (unpaired) electrons. The Hall–Kier alpha value is 0.750. The van der Waals surface area contributed by atoms with Gasteiger partial charge in [0, 0.05) is 17.1 Å². The first-order valence-electron chi connectivity index (χ1n) is 9.30. The Kier molecular flexibility index (Phi) is 4.16. The maximum absolute atomic E-state index is 12.4. The molecule has 0 aliphatic heterocycles. The van der Waals surface area contributed by atoms with E-state index in [0.29, 0.717) is 17.1 Å². The first kappa shape index (κ1) is 16.2. The van der Waals surface area contributed by atoms with Crippen LogP contribution in [0.1, 0.15) is 71.6 Å². The Morgan fingerprint density at radius 2 is 1.86 bits per heavy atom. The van der Waals surface area contributed by atoms with Crippen LogP contribution in [0.5, 0.6) is 0 Å². The summed E-state index contributed by atoms with van der Waals surface area (Å²) < 4.78 is 0. The number of carbonyl (C=O) groups excluding carboxylic acids is 1. The van der Waals surface area contributed by atoms with Gasteiger partial charge in [-0.1, -0.05) is 22.8 Å². The van der Waals surface area contributed by atoms with Crippen LogP contribution in [-0.4, -0.2) is 11.0 Å². The maximum atomic E-state index is 12.4. The molecule has 7 unspecified atom stereocenters. The van der Waals surface area contributed by atoms with Crippen LogP contribution in [0.3, 0.4) is 0 Å². The molecule has 0 heterocycles. The normalized spacial score (nSPS) is 54.5. The zero-order valence-electron chi connectivity index (χ0n) is 13.9. The van der Waals surface area contributed by atoms with Gasteiger partial charge in [-0.25, -0.2) is 0 Å². The molecule has 124 valence electrons. The van der Waals surface area contributed by atoms with Gasteiger partial charge in [0.05, 0.1) is 0 Å². The van der Waals surface area contributed by atoms with Crippen LogP contribution in [-0.2, 0) is 4.79 Å². The van der Waals surface area contributed by atoms with Gasteiger partial charge in [0.25, 0.3) is 0 Å². The minimum Gasteiger partial charge on any atom is -0.299 e. The summed E-state index contributed by atoms with van der Waals surface area (Å²) in [6, 6.07) is 0. The summed E-state index contributed by atoms with van der Waals surface area (Å²) in [5.74, 6) is 4.03. The van der Waals surface area contributed by atoms with E-state index in [1.807, 2.05) is 0 Å². The second kappa shape index (κ2) is 5.64. The van der Waals surface area contributed by atoms with Crippen LogP contribution in [0.2, 0.25) is 0 Å². The molecule has 0 N–H and O–H groups in total. The van der Waals surface area contributed by atoms with E-state index in [-0.39, 0.29) is 5.41 Å². The number of hydrogen-bond acceptors (Lipinski definition) is 2. The molecule has 1 nitrogen and oxygen atoms in total. The molecule has 0 spiro atoms. The second-order valence-corrected chi connectivity index (χ2v) is 11.4. The van der Waals surface area contributed by atoms with Gasteiger partial charge in [-0.15, -0.1) is 0 Å². The number of halogens is 1. The van der Waals surface area contributed by atoms with Gasteiger partial charge < -0.3 is 0 Å². The molecule has 4 rings (SSSR count). The molecule has 4 aliphatic rings. The van der Waals surface area contributed by atoms with Crippen molar-refractivity contribution in [2.45, 2.75) is 76.9 Å². The van der Waals surface area contributed by atoms with Crippen molar-refractivity contribution in [1.82, 2.24) is 0 Å². The Morgan fingerprint density at radius 1 is 1.05 bits per heavy atom. The van der Waals surface area contributed by atoms with Gasteiger partial charge in [-0.05, 0) is 102 Å². The van der Waals surface area contributed by atoms with E-state index in [9.17, 15) is 4.79 Å². The predicted octanol–water partition coefficient (Wildman–Crippen LogP) is 6.05. The second-order valence-electron chi connectivity index (χ2n) is 9.06. The van der Waals surface area contributed by atoms with Crippen molar-refractivity contribution in [3.63, 3.8) is 0 Å². The molecule has 0 aromatic rings. The van der Waals surface area contributed by atoms with E-state index in [2.05, 4.69) is 44.0 Å². The van der Waals surface area contributed by atoms with Gasteiger partial charge in [-0.2, -0.15) is 0 Å². The number of hydrogen-bond donors (Lipinski definition) is 0. The molecule has 0 bridgehead atoms. The van der Waals surface area contributed by atoms with Crippen molar-refractivity contribution in [3.8, 4) is 0 Å². The molecule has 0 saturated heterocycles. The first-order valence-corrected chi connectivity index (χ1v) is 12.7. The van der Waals surface area contributed by atoms with Crippen molar-refractivity contribution in [3.05, 3.63) is 0 Å². The standard InChI is InChI=1S/C19H29IOS/c1-18-9-7-13(22-20)11-12(18)3-4-14-15-5-6-17(21)19(15,2)10-8-16(14)18/h12-16H,3-11H2,1-2H3. The van der Waals surface area contributed by atoms with Crippen molar-refractivity contribution >= 4 is 35.9 Å². The van der Waals surface area contributed by atoms with Crippen LogP contribution in [0.15, 0.2) is 0 Å². The molecule has 4 aliphatic carbocycles. The quantitative estimate of drug-likeness (QED) is 0.469. The highest BCUT2D eigenvalue weighted by Gasteiger charge is 2.60. The van der Waals surface area contributed by atoms with Gasteiger partial charge >= 0.3 is 0 Å². The van der Waals surface area contributed by atoms with E-state index < -0.39 is 0 Å². The lowest BCUT2D eigenvalue weighted by molar-refractivity contribution is -0.138. The molecular weight excluding hydrogens is 403 g/mol. The SMILES string of the molecule is CC12CCC3C(CCC4CC(SI)CCC43C)C1CCC2=O. The van der Waals surface area contributed by atoms with Gasteiger partial charge in [0.15, 0.2) is 0 Å². The number of rotatable bonds is 1. The fraction of sp³-hybridized carbons (Fsp3) is 0.947. The fourth-order valence-corrected chi connectivity index (χ4v) is 8.97. The van der Waals surface area contributed by atoms with E-state index in [1.165, 1.54) is 51.4 Å². The lowest BCUT2D eigenvalue weighted by Gasteiger charge is -2.60. The highest BCUT2D eigenvalue weighted by atomic mass is 127. The highest BCUT2D eigenvalue weighted by Crippen LogP contribution is 2.66. The number of ketones is 1. The number of Topliss-reactive ketones (excluding diaryl/α,β-unsaturated/α-hetero) is 1. The summed E-state index contributed by atoms with van der Waals surface area (Å²) in [4.78, 5) is 12.4. The Labute approximate surface area is 151 Å². The van der Waals surface area contributed by atoms with Crippen LogP contribution >= 0.6 is 30.1 Å². The average Bonchev–Trinajstić information content (AvgIpc) is 2.82. The van der Waals surface area contributed by atoms with Gasteiger partial charge in [-0.3, -0.25) is 4.79 Å². The van der Waals surface area contributed by atoms with E-state index in [0.717, 1.165) is 29.4 Å². The Balaban J connectivity index is 1.60. The van der Waals surface area contributed by atoms with Gasteiger partial charge in [0.2, 0.25) is 0 Å². The van der Waals surface area contributed by atoms with Crippen molar-refractivity contribution in [2.24, 2.45) is 34.5 Å². The third kappa shape index (κ3) is 2.19.